The molecular formula is C25H32N8O4. The Kier molecular flexibility index (Phi) is 6.24. The number of aliphatic hydroxyl groups excluding tert-OH is 1. The van der Waals surface area contributed by atoms with Crippen molar-refractivity contribution >= 4 is 33.9 Å². The molecule has 0 aliphatic heterocycles. The summed E-state index contributed by atoms with van der Waals surface area (Å²) in [6, 6.07) is 5.62. The highest BCUT2D eigenvalue weighted by atomic mass is 16.3. The summed E-state index contributed by atoms with van der Waals surface area (Å²) in [5.74, 6) is 0.227. The predicted molar refractivity (Wildman–Crippen MR) is 138 cm³/mol. The third kappa shape index (κ3) is 4.36. The highest BCUT2D eigenvalue weighted by molar-refractivity contribution is 5.81. The maximum atomic E-state index is 13.0. The first-order valence-corrected chi connectivity index (χ1v) is 12.3. The molecular weight excluding hydrogens is 476 g/mol. The fraction of sp³-hybridized carbons (Fsp3) is 0.480. The molecule has 5 rings (SSSR count). The van der Waals surface area contributed by atoms with Crippen LogP contribution in [-0.4, -0.2) is 74.5 Å². The Labute approximate surface area is 213 Å². The summed E-state index contributed by atoms with van der Waals surface area (Å²) in [6.45, 7) is 0.107. The van der Waals surface area contributed by atoms with Gasteiger partial charge in [0.25, 0.3) is 0 Å². The van der Waals surface area contributed by atoms with Crippen molar-refractivity contribution in [3.05, 3.63) is 46.9 Å². The molecule has 1 aliphatic carbocycles. The monoisotopic (exact) mass is 508 g/mol. The minimum Gasteiger partial charge on any atom is -0.390 e. The summed E-state index contributed by atoms with van der Waals surface area (Å²) in [7, 11) is 5.23. The van der Waals surface area contributed by atoms with Gasteiger partial charge in [-0.25, -0.2) is 19.7 Å². The Hall–Kier alpha value is -3.77. The first kappa shape index (κ1) is 24.9. The molecule has 1 fully saturated rings. The van der Waals surface area contributed by atoms with Crippen LogP contribution in [0.25, 0.3) is 22.2 Å². The number of nitrogen functional groups attached to an aromatic ring is 1. The number of nitrogens with two attached hydrogens (primary N) is 1. The normalized spacial score (nSPS) is 22.1. The molecule has 4 aromatic rings. The Morgan fingerprint density at radius 1 is 1.22 bits per heavy atom. The van der Waals surface area contributed by atoms with E-state index in [9.17, 15) is 19.8 Å². The zero-order valence-electron chi connectivity index (χ0n) is 21.2. The maximum Gasteiger partial charge on any atom is 0.328 e. The SMILES string of the molecule is CN(C(=O)CCc1ccc2c(c1)n(C)c(=O)n2C)[C@H]1CC[C@@](O)(Cn2cnc3c(N)ncnc32)[C@H](O)C1. The van der Waals surface area contributed by atoms with Gasteiger partial charge in [-0.1, -0.05) is 6.07 Å². The highest BCUT2D eigenvalue weighted by Crippen LogP contribution is 2.33. The third-order valence-corrected chi connectivity index (χ3v) is 7.80. The Balaban J connectivity index is 1.21. The highest BCUT2D eigenvalue weighted by Gasteiger charge is 2.43. The second-order valence-corrected chi connectivity index (χ2v) is 10.1. The van der Waals surface area contributed by atoms with Crippen molar-refractivity contribution in [1.82, 2.24) is 33.6 Å². The summed E-state index contributed by atoms with van der Waals surface area (Å²) in [5.41, 5.74) is 8.00. The standard InChI is InChI=1S/C25H32N8O4/c1-30(20(35)7-5-15-4-6-17-18(10-15)32(3)24(36)31(17)2)16-8-9-25(37,19(34)11-16)12-33-14-29-21-22(26)27-13-28-23(21)33/h4,6,10,13-14,16,19,34,37H,5,7-9,11-12H2,1-3H3,(H2,26,27,28)/t16-,19+,25+/m0/s1. The van der Waals surface area contributed by atoms with Crippen LogP contribution in [-0.2, 0) is 31.9 Å². The maximum absolute atomic E-state index is 13.0. The van der Waals surface area contributed by atoms with Crippen molar-refractivity contribution < 1.29 is 15.0 Å². The van der Waals surface area contributed by atoms with Crippen molar-refractivity contribution in [2.24, 2.45) is 14.1 Å². The number of hydrogen-bond donors (Lipinski definition) is 3. The molecule has 3 aromatic heterocycles. The van der Waals surface area contributed by atoms with Crippen LogP contribution < -0.4 is 11.4 Å². The van der Waals surface area contributed by atoms with Gasteiger partial charge in [-0.15, -0.1) is 0 Å². The van der Waals surface area contributed by atoms with Crippen molar-refractivity contribution in [3.63, 3.8) is 0 Å². The minimum absolute atomic E-state index is 0.0301. The number of anilines is 1. The molecule has 196 valence electrons. The zero-order chi connectivity index (χ0) is 26.5. The van der Waals surface area contributed by atoms with Gasteiger partial charge in [0.15, 0.2) is 11.5 Å². The number of aliphatic hydroxyl groups is 2. The molecule has 4 N–H and O–H groups in total. The Morgan fingerprint density at radius 3 is 2.73 bits per heavy atom. The first-order valence-electron chi connectivity index (χ1n) is 12.3. The van der Waals surface area contributed by atoms with E-state index in [1.165, 1.54) is 12.7 Å². The molecule has 0 saturated heterocycles. The number of imidazole rings is 2. The van der Waals surface area contributed by atoms with Crippen molar-refractivity contribution in [3.8, 4) is 0 Å². The third-order valence-electron chi connectivity index (χ3n) is 7.80. The van der Waals surface area contributed by atoms with Gasteiger partial charge in [-0.2, -0.15) is 0 Å². The number of rotatable bonds is 6. The molecule has 0 unspecified atom stereocenters. The van der Waals surface area contributed by atoms with Gasteiger partial charge in [0.2, 0.25) is 5.91 Å². The summed E-state index contributed by atoms with van der Waals surface area (Å²) >= 11 is 0. The van der Waals surface area contributed by atoms with Gasteiger partial charge >= 0.3 is 5.69 Å². The fourth-order valence-corrected chi connectivity index (χ4v) is 5.36. The van der Waals surface area contributed by atoms with E-state index in [4.69, 9.17) is 5.73 Å². The van der Waals surface area contributed by atoms with Crippen LogP contribution in [0.15, 0.2) is 35.6 Å². The fourth-order valence-electron chi connectivity index (χ4n) is 5.36. The van der Waals surface area contributed by atoms with E-state index in [1.54, 1.807) is 39.7 Å². The van der Waals surface area contributed by atoms with E-state index < -0.39 is 11.7 Å². The molecule has 37 heavy (non-hydrogen) atoms. The molecule has 12 heteroatoms. The number of aryl methyl sites for hydroxylation is 3. The van der Waals surface area contributed by atoms with Crippen LogP contribution in [0.2, 0.25) is 0 Å². The van der Waals surface area contributed by atoms with Crippen LogP contribution in [0, 0.1) is 0 Å². The van der Waals surface area contributed by atoms with Crippen LogP contribution in [0.3, 0.4) is 0 Å². The molecule has 3 heterocycles. The molecule has 1 aromatic carbocycles. The van der Waals surface area contributed by atoms with Crippen LogP contribution in [0.1, 0.15) is 31.2 Å². The van der Waals surface area contributed by atoms with Gasteiger partial charge in [0, 0.05) is 33.6 Å². The zero-order valence-corrected chi connectivity index (χ0v) is 21.2. The lowest BCUT2D eigenvalue weighted by atomic mass is 9.79. The number of hydrogen-bond acceptors (Lipinski definition) is 8. The van der Waals surface area contributed by atoms with E-state index in [0.29, 0.717) is 36.8 Å². The number of aromatic nitrogens is 6. The summed E-state index contributed by atoms with van der Waals surface area (Å²) in [6.07, 6.45) is 3.83. The number of fused-ring (bicyclic) bond motifs is 2. The summed E-state index contributed by atoms with van der Waals surface area (Å²) in [5, 5.41) is 22.2. The average molecular weight is 509 g/mol. The lowest BCUT2D eigenvalue weighted by Crippen LogP contribution is -2.54. The molecule has 3 atom stereocenters. The number of carbonyl (C=O) groups is 1. The Morgan fingerprint density at radius 2 is 1.97 bits per heavy atom. The molecule has 0 bridgehead atoms. The number of amides is 1. The van der Waals surface area contributed by atoms with Gasteiger partial charge in [0.05, 0.1) is 30.0 Å². The van der Waals surface area contributed by atoms with Crippen molar-refractivity contribution in [2.75, 3.05) is 12.8 Å². The van der Waals surface area contributed by atoms with E-state index in [2.05, 4.69) is 15.0 Å². The predicted octanol–water partition coefficient (Wildman–Crippen LogP) is 0.335. The van der Waals surface area contributed by atoms with E-state index in [-0.39, 0.29) is 36.4 Å². The molecule has 0 radical (unpaired) electrons. The Bertz CT molecular complexity index is 1540. The van der Waals surface area contributed by atoms with E-state index >= 15 is 0 Å². The second-order valence-electron chi connectivity index (χ2n) is 10.1. The second kappa shape index (κ2) is 9.27. The minimum atomic E-state index is -1.38. The van der Waals surface area contributed by atoms with E-state index in [0.717, 1.165) is 16.6 Å². The van der Waals surface area contributed by atoms with Crippen LogP contribution in [0.5, 0.6) is 0 Å². The van der Waals surface area contributed by atoms with Crippen LogP contribution >= 0.6 is 0 Å². The molecule has 1 aliphatic rings. The molecule has 1 amide bonds. The summed E-state index contributed by atoms with van der Waals surface area (Å²) < 4.78 is 4.88. The summed E-state index contributed by atoms with van der Waals surface area (Å²) in [4.78, 5) is 39.2. The smallest absolute Gasteiger partial charge is 0.328 e. The van der Waals surface area contributed by atoms with Crippen molar-refractivity contribution in [2.45, 2.75) is 56.4 Å². The lowest BCUT2D eigenvalue weighted by molar-refractivity contribution is -0.143. The van der Waals surface area contributed by atoms with Gasteiger partial charge < -0.3 is 25.4 Å². The number of nitrogens with zero attached hydrogens (tertiary/aromatic N) is 7. The van der Waals surface area contributed by atoms with Gasteiger partial charge in [-0.3, -0.25) is 13.9 Å². The number of benzene rings is 1. The topological polar surface area (TPSA) is 157 Å². The van der Waals surface area contributed by atoms with Crippen LogP contribution in [0.4, 0.5) is 5.82 Å². The molecule has 1 saturated carbocycles. The molecule has 12 nitrogen and oxygen atoms in total. The molecule has 0 spiro atoms. The van der Waals surface area contributed by atoms with Gasteiger partial charge in [-0.05, 0) is 43.4 Å². The largest absolute Gasteiger partial charge is 0.390 e. The van der Waals surface area contributed by atoms with Gasteiger partial charge in [0.1, 0.15) is 17.4 Å². The number of carbonyl (C=O) groups excluding carboxylic acids is 1. The lowest BCUT2D eigenvalue weighted by Gasteiger charge is -2.43. The van der Waals surface area contributed by atoms with Crippen molar-refractivity contribution in [1.29, 1.82) is 0 Å². The average Bonchev–Trinajstić information content (AvgIpc) is 3.39. The first-order chi connectivity index (χ1) is 17.6. The van der Waals surface area contributed by atoms with E-state index in [1.807, 2.05) is 18.2 Å². The quantitative estimate of drug-likeness (QED) is 0.336.